The Morgan fingerprint density at radius 2 is 1.74 bits per heavy atom. The van der Waals surface area contributed by atoms with Crippen molar-refractivity contribution in [3.63, 3.8) is 0 Å². The molecule has 1 heterocycles. The average Bonchev–Trinajstić information content (AvgIpc) is 3.03. The van der Waals surface area contributed by atoms with Crippen molar-refractivity contribution in [1.29, 1.82) is 0 Å². The van der Waals surface area contributed by atoms with Crippen LogP contribution < -0.4 is 10.1 Å². The van der Waals surface area contributed by atoms with Crippen LogP contribution in [-0.2, 0) is 20.7 Å². The Hall–Kier alpha value is -3.10. The number of rotatable bonds is 9. The topological polar surface area (TPSA) is 83.1 Å². The summed E-state index contributed by atoms with van der Waals surface area (Å²) in [6, 6.07) is 14.8. The summed E-state index contributed by atoms with van der Waals surface area (Å²) >= 11 is 0. The quantitative estimate of drug-likeness (QED) is 0.422. The van der Waals surface area contributed by atoms with Crippen molar-refractivity contribution < 1.29 is 28.4 Å². The summed E-state index contributed by atoms with van der Waals surface area (Å²) in [5.41, 5.74) is 1.70. The van der Waals surface area contributed by atoms with Crippen LogP contribution in [0.2, 0.25) is 0 Å². The van der Waals surface area contributed by atoms with E-state index >= 15 is 0 Å². The number of alkyl carbamates (subject to hydrolysis) is 1. The minimum absolute atomic E-state index is 0.147. The molecular weight excluding hydrogens is 433 g/mol. The molecule has 1 aliphatic heterocycles. The minimum atomic E-state index is -0.675. The van der Waals surface area contributed by atoms with Gasteiger partial charge in [-0.05, 0) is 63.4 Å². The molecule has 0 radical (unpaired) electrons. The van der Waals surface area contributed by atoms with E-state index in [4.69, 9.17) is 18.8 Å². The smallest absolute Gasteiger partial charge is 0.492 e. The molecule has 1 amide bonds. The summed E-state index contributed by atoms with van der Waals surface area (Å²) in [6.07, 6.45) is 2.06. The molecule has 7 nitrogen and oxygen atoms in total. The molecule has 34 heavy (non-hydrogen) atoms. The molecule has 180 valence electrons. The van der Waals surface area contributed by atoms with Crippen molar-refractivity contribution in [2.24, 2.45) is 0 Å². The van der Waals surface area contributed by atoms with Crippen LogP contribution in [0.1, 0.15) is 56.1 Å². The predicted molar refractivity (Wildman–Crippen MR) is 132 cm³/mol. The summed E-state index contributed by atoms with van der Waals surface area (Å²) in [4.78, 5) is 23.9. The van der Waals surface area contributed by atoms with Crippen LogP contribution in [0.3, 0.4) is 0 Å². The molecule has 0 aromatic heterocycles. The fraction of sp³-hybridized carbons (Fsp3) is 0.385. The van der Waals surface area contributed by atoms with Gasteiger partial charge in [0.05, 0.1) is 23.4 Å². The molecule has 1 saturated heterocycles. The molecule has 0 bridgehead atoms. The molecular formula is C26H32BNO6. The average molecular weight is 465 g/mol. The molecule has 1 N–H and O–H groups in total. The number of hydrogen-bond donors (Lipinski definition) is 1. The van der Waals surface area contributed by atoms with Gasteiger partial charge >= 0.3 is 13.2 Å². The van der Waals surface area contributed by atoms with Gasteiger partial charge in [-0.25, -0.2) is 4.79 Å². The molecule has 0 saturated carbocycles. The van der Waals surface area contributed by atoms with Crippen LogP contribution in [0.4, 0.5) is 4.79 Å². The summed E-state index contributed by atoms with van der Waals surface area (Å²) in [5, 5.41) is 2.78. The highest BCUT2D eigenvalue weighted by Crippen LogP contribution is 2.38. The second-order valence-electron chi connectivity index (χ2n) is 9.07. The van der Waals surface area contributed by atoms with Crippen LogP contribution in [0, 0.1) is 0 Å². The van der Waals surface area contributed by atoms with E-state index in [0.29, 0.717) is 23.4 Å². The Morgan fingerprint density at radius 1 is 1.06 bits per heavy atom. The second-order valence-corrected chi connectivity index (χ2v) is 9.07. The third-order valence-corrected chi connectivity index (χ3v) is 6.02. The lowest BCUT2D eigenvalue weighted by atomic mass is 9.77. The van der Waals surface area contributed by atoms with E-state index < -0.39 is 24.4 Å². The van der Waals surface area contributed by atoms with Gasteiger partial charge in [0.1, 0.15) is 12.4 Å². The zero-order chi connectivity index (χ0) is 24.8. The molecule has 0 aliphatic carbocycles. The lowest BCUT2D eigenvalue weighted by molar-refractivity contribution is 0.00578. The number of amides is 1. The van der Waals surface area contributed by atoms with Gasteiger partial charge in [-0.1, -0.05) is 42.5 Å². The van der Waals surface area contributed by atoms with Gasteiger partial charge in [-0.3, -0.25) is 4.79 Å². The highest BCUT2D eigenvalue weighted by molar-refractivity contribution is 6.56. The molecule has 2 aromatic rings. The third kappa shape index (κ3) is 6.27. The largest absolute Gasteiger partial charge is 0.493 e. The number of nitrogens with one attached hydrogen (secondary N) is 1. The lowest BCUT2D eigenvalue weighted by Crippen LogP contribution is -2.41. The maximum absolute atomic E-state index is 12.4. The van der Waals surface area contributed by atoms with Crippen LogP contribution in [0.15, 0.2) is 54.0 Å². The van der Waals surface area contributed by atoms with Crippen LogP contribution >= 0.6 is 0 Å². The first-order valence-corrected chi connectivity index (χ1v) is 11.4. The molecule has 8 heteroatoms. The van der Waals surface area contributed by atoms with Crippen molar-refractivity contribution in [2.45, 2.75) is 52.4 Å². The predicted octanol–water partition coefficient (Wildman–Crippen LogP) is 4.84. The van der Waals surface area contributed by atoms with E-state index in [-0.39, 0.29) is 13.2 Å². The fourth-order valence-electron chi connectivity index (χ4n) is 3.40. The van der Waals surface area contributed by atoms with Gasteiger partial charge in [0.2, 0.25) is 0 Å². The minimum Gasteiger partial charge on any atom is -0.493 e. The van der Waals surface area contributed by atoms with E-state index in [1.807, 2.05) is 77.1 Å². The van der Waals surface area contributed by atoms with Gasteiger partial charge in [0, 0.05) is 6.54 Å². The first-order valence-electron chi connectivity index (χ1n) is 11.4. The van der Waals surface area contributed by atoms with E-state index in [2.05, 4.69) is 5.32 Å². The van der Waals surface area contributed by atoms with E-state index in [9.17, 15) is 9.59 Å². The van der Waals surface area contributed by atoms with Gasteiger partial charge in [0.15, 0.2) is 6.29 Å². The summed E-state index contributed by atoms with van der Waals surface area (Å²) in [5.74, 6) is 0.523. The molecule has 1 aliphatic rings. The van der Waals surface area contributed by atoms with Gasteiger partial charge in [-0.2, -0.15) is 0 Å². The maximum Gasteiger partial charge on any atom is 0.492 e. The number of carbonyl (C=O) groups excluding carboxylic acids is 2. The van der Waals surface area contributed by atoms with E-state index in [0.717, 1.165) is 17.4 Å². The maximum atomic E-state index is 12.4. The van der Waals surface area contributed by atoms with Gasteiger partial charge in [0.25, 0.3) is 0 Å². The van der Waals surface area contributed by atoms with Gasteiger partial charge < -0.3 is 24.1 Å². The van der Waals surface area contributed by atoms with Crippen molar-refractivity contribution in [2.75, 3.05) is 13.2 Å². The van der Waals surface area contributed by atoms with Crippen molar-refractivity contribution in [3.05, 3.63) is 70.7 Å². The summed E-state index contributed by atoms with van der Waals surface area (Å²) in [6.45, 7) is 10.5. The highest BCUT2D eigenvalue weighted by atomic mass is 16.7. The molecule has 0 spiro atoms. The number of benzene rings is 2. The van der Waals surface area contributed by atoms with Crippen molar-refractivity contribution >= 4 is 25.6 Å². The van der Waals surface area contributed by atoms with E-state index in [1.165, 1.54) is 0 Å². The Labute approximate surface area is 201 Å². The molecule has 0 unspecified atom stereocenters. The molecule has 2 aromatic carbocycles. The monoisotopic (exact) mass is 465 g/mol. The summed E-state index contributed by atoms with van der Waals surface area (Å²) in [7, 11) is -0.675. The lowest BCUT2D eigenvalue weighted by Gasteiger charge is -2.32. The molecule has 0 atom stereocenters. The Morgan fingerprint density at radius 3 is 2.35 bits per heavy atom. The Kier molecular flexibility index (Phi) is 8.17. The van der Waals surface area contributed by atoms with Crippen LogP contribution in [0.5, 0.6) is 5.75 Å². The van der Waals surface area contributed by atoms with Gasteiger partial charge in [-0.15, -0.1) is 0 Å². The van der Waals surface area contributed by atoms with Crippen LogP contribution in [-0.4, -0.2) is 43.9 Å². The molecule has 1 fully saturated rings. The SMILES string of the molecule is CCOc1ccc(C=C(CNC(=O)OCc2ccccc2)B2OC(C)(C)C(C)(C)O2)cc1C=O. The van der Waals surface area contributed by atoms with Crippen LogP contribution in [0.25, 0.3) is 6.08 Å². The number of carbonyl (C=O) groups is 2. The number of hydrogen-bond acceptors (Lipinski definition) is 6. The van der Waals surface area contributed by atoms with Crippen molar-refractivity contribution in [1.82, 2.24) is 5.32 Å². The summed E-state index contributed by atoms with van der Waals surface area (Å²) < 4.78 is 23.2. The third-order valence-electron chi connectivity index (χ3n) is 6.02. The molecule has 3 rings (SSSR count). The number of ether oxygens (including phenoxy) is 2. The first kappa shape index (κ1) is 25.5. The first-order chi connectivity index (χ1) is 16.1. The number of aldehydes is 1. The highest BCUT2D eigenvalue weighted by Gasteiger charge is 2.52. The Balaban J connectivity index is 1.79. The van der Waals surface area contributed by atoms with E-state index in [1.54, 1.807) is 12.1 Å². The zero-order valence-electron chi connectivity index (χ0n) is 20.4. The zero-order valence-corrected chi connectivity index (χ0v) is 20.4. The van der Waals surface area contributed by atoms with Crippen molar-refractivity contribution in [3.8, 4) is 5.75 Å². The normalized spacial score (nSPS) is 16.7. The second kappa shape index (κ2) is 10.9. The standard InChI is InChI=1S/C26H32BNO6/c1-6-31-23-13-12-20(14-21(23)17-29)15-22(27-33-25(2,3)26(4,5)34-27)16-28-24(30)32-18-19-10-8-7-9-11-19/h7-15,17H,6,16,18H2,1-5H3,(H,28,30). The fourth-order valence-corrected chi connectivity index (χ4v) is 3.40. The Bertz CT molecular complexity index is 1020.